The highest BCUT2D eigenvalue weighted by molar-refractivity contribution is 7.92. The monoisotopic (exact) mass is 529 g/mol. The lowest BCUT2D eigenvalue weighted by atomic mass is 10.0. The average molecular weight is 530 g/mol. The number of sulfonamides is 1. The molecule has 4 aromatic rings. The molecule has 0 atom stereocenters. The maximum atomic E-state index is 15.2. The van der Waals surface area contributed by atoms with Crippen LogP contribution in [0.2, 0.25) is 0 Å². The van der Waals surface area contributed by atoms with Crippen molar-refractivity contribution < 1.29 is 26.7 Å². The molecule has 0 amide bonds. The molecular weight excluding hydrogens is 504 g/mol. The van der Waals surface area contributed by atoms with E-state index < -0.39 is 38.7 Å². The Labute approximate surface area is 212 Å². The Morgan fingerprint density at radius 2 is 1.84 bits per heavy atom. The number of carbonyl (C=O) groups is 1. The molecule has 0 saturated heterocycles. The molecule has 0 unspecified atom stereocenters. The Hall–Kier alpha value is -3.77. The summed E-state index contributed by atoms with van der Waals surface area (Å²) in [6.45, 7) is 2.25. The van der Waals surface area contributed by atoms with Crippen molar-refractivity contribution in [1.82, 2.24) is 19.9 Å². The first-order chi connectivity index (χ1) is 17.7. The van der Waals surface area contributed by atoms with Gasteiger partial charge in [-0.05, 0) is 31.0 Å². The van der Waals surface area contributed by atoms with E-state index in [-0.39, 0.29) is 11.3 Å². The fourth-order valence-corrected chi connectivity index (χ4v) is 4.95. The van der Waals surface area contributed by atoms with E-state index in [0.29, 0.717) is 47.4 Å². The van der Waals surface area contributed by atoms with Gasteiger partial charge >= 0.3 is 0 Å². The van der Waals surface area contributed by atoms with Gasteiger partial charge in [-0.25, -0.2) is 32.2 Å². The summed E-state index contributed by atoms with van der Waals surface area (Å²) < 4.78 is 61.2. The van der Waals surface area contributed by atoms with Crippen molar-refractivity contribution in [2.75, 3.05) is 24.2 Å². The molecular formula is C25H25F2N5O4S. The van der Waals surface area contributed by atoms with Crippen LogP contribution in [0.4, 0.5) is 14.5 Å². The van der Waals surface area contributed by atoms with E-state index in [0.717, 1.165) is 18.6 Å². The molecule has 0 bridgehead atoms. The Kier molecular flexibility index (Phi) is 7.89. The molecule has 2 N–H and O–H groups in total. The molecule has 0 aliphatic rings. The number of aromatic nitrogens is 4. The van der Waals surface area contributed by atoms with Gasteiger partial charge in [0.25, 0.3) is 0 Å². The topological polar surface area (TPSA) is 127 Å². The minimum atomic E-state index is -3.86. The van der Waals surface area contributed by atoms with E-state index in [4.69, 9.17) is 4.74 Å². The van der Waals surface area contributed by atoms with Crippen LogP contribution in [0, 0.1) is 11.6 Å². The highest BCUT2D eigenvalue weighted by Crippen LogP contribution is 2.29. The van der Waals surface area contributed by atoms with Gasteiger partial charge in [-0.3, -0.25) is 9.52 Å². The van der Waals surface area contributed by atoms with Gasteiger partial charge in [0.1, 0.15) is 17.3 Å². The van der Waals surface area contributed by atoms with Gasteiger partial charge < -0.3 is 9.72 Å². The predicted octanol–water partition coefficient (Wildman–Crippen LogP) is 4.26. The number of aromatic amines is 1. The highest BCUT2D eigenvalue weighted by Gasteiger charge is 2.26. The molecule has 1 aromatic carbocycles. The van der Waals surface area contributed by atoms with Crippen LogP contribution in [0.25, 0.3) is 22.2 Å². The number of fused-ring (bicyclic) bond motifs is 1. The molecule has 4 rings (SSSR count). The zero-order valence-corrected chi connectivity index (χ0v) is 21.0. The number of nitrogens with one attached hydrogen (secondary N) is 2. The third-order valence-corrected chi connectivity index (χ3v) is 7.10. The third-order valence-electron chi connectivity index (χ3n) is 5.62. The fraction of sp³-hybridized carbons (Fsp3) is 0.280. The highest BCUT2D eigenvalue weighted by atomic mass is 32.2. The lowest BCUT2D eigenvalue weighted by Crippen LogP contribution is -2.18. The second-order valence-electron chi connectivity index (χ2n) is 8.34. The largest absolute Gasteiger partial charge is 0.385 e. The molecule has 0 spiro atoms. The lowest BCUT2D eigenvalue weighted by Gasteiger charge is -2.11. The Bertz CT molecular complexity index is 1540. The van der Waals surface area contributed by atoms with Crippen LogP contribution in [0.5, 0.6) is 0 Å². The fourth-order valence-electron chi connectivity index (χ4n) is 3.82. The molecule has 0 radical (unpaired) electrons. The summed E-state index contributed by atoms with van der Waals surface area (Å²) in [7, 11) is -2.23. The van der Waals surface area contributed by atoms with Crippen molar-refractivity contribution in [3.8, 4) is 11.1 Å². The van der Waals surface area contributed by atoms with Crippen LogP contribution in [-0.2, 0) is 21.2 Å². The number of halogens is 2. The molecule has 194 valence electrons. The maximum Gasteiger partial charge on any atom is 0.232 e. The number of pyridine rings is 1. The zero-order valence-electron chi connectivity index (χ0n) is 20.2. The average Bonchev–Trinajstić information content (AvgIpc) is 3.30. The van der Waals surface area contributed by atoms with E-state index in [2.05, 4.69) is 24.7 Å². The minimum absolute atomic E-state index is 0.0205. The van der Waals surface area contributed by atoms with Crippen molar-refractivity contribution in [3.05, 3.63) is 71.6 Å². The molecule has 37 heavy (non-hydrogen) atoms. The molecule has 0 fully saturated rings. The quantitative estimate of drug-likeness (QED) is 0.220. The summed E-state index contributed by atoms with van der Waals surface area (Å²) >= 11 is 0. The number of anilines is 1. The SMILES string of the molecule is CCCS(=O)(=O)Nc1ccc(F)c(C(=O)c2c[nH]c3ncc(-c4cnc(CCCOC)nc4)cc23)c1F. The van der Waals surface area contributed by atoms with Gasteiger partial charge in [-0.1, -0.05) is 6.92 Å². The summed E-state index contributed by atoms with van der Waals surface area (Å²) in [4.78, 5) is 29.1. The molecule has 0 aliphatic carbocycles. The first-order valence-corrected chi connectivity index (χ1v) is 13.2. The van der Waals surface area contributed by atoms with Gasteiger partial charge in [0, 0.05) is 67.0 Å². The second-order valence-corrected chi connectivity index (χ2v) is 10.2. The van der Waals surface area contributed by atoms with Crippen LogP contribution >= 0.6 is 0 Å². The van der Waals surface area contributed by atoms with Crippen molar-refractivity contribution in [1.29, 1.82) is 0 Å². The van der Waals surface area contributed by atoms with Gasteiger partial charge in [0.15, 0.2) is 5.82 Å². The molecule has 9 nitrogen and oxygen atoms in total. The van der Waals surface area contributed by atoms with Crippen molar-refractivity contribution >= 4 is 32.5 Å². The number of hydrogen-bond acceptors (Lipinski definition) is 7. The van der Waals surface area contributed by atoms with Gasteiger partial charge in [-0.2, -0.15) is 0 Å². The number of H-pyrrole nitrogens is 1. The molecule has 0 aliphatic heterocycles. The number of ether oxygens (including phenoxy) is 1. The number of rotatable bonds is 11. The van der Waals surface area contributed by atoms with Crippen molar-refractivity contribution in [3.63, 3.8) is 0 Å². The van der Waals surface area contributed by atoms with Crippen LogP contribution < -0.4 is 4.72 Å². The predicted molar refractivity (Wildman–Crippen MR) is 135 cm³/mol. The molecule has 12 heteroatoms. The van der Waals surface area contributed by atoms with Crippen LogP contribution in [0.15, 0.2) is 43.0 Å². The summed E-state index contributed by atoms with van der Waals surface area (Å²) in [6, 6.07) is 3.45. The number of aryl methyl sites for hydroxylation is 1. The standard InChI is InChI=1S/C25H25F2N5O4S/c1-3-9-37(34,35)32-20-7-6-19(26)22(23(20)27)24(33)18-14-31-25-17(18)10-15(11-30-25)16-12-28-21(29-13-16)5-4-8-36-2/h6-7,10-14,32H,3-5,8-9H2,1-2H3,(H,30,31). The number of nitrogens with zero attached hydrogens (tertiary/aromatic N) is 3. The van der Waals surface area contributed by atoms with Gasteiger partial charge in [-0.15, -0.1) is 0 Å². The summed E-state index contributed by atoms with van der Waals surface area (Å²) in [6.07, 6.45) is 7.90. The van der Waals surface area contributed by atoms with Crippen molar-refractivity contribution in [2.24, 2.45) is 0 Å². The Balaban J connectivity index is 1.67. The summed E-state index contributed by atoms with van der Waals surface area (Å²) in [5, 5.41) is 0.336. The second kappa shape index (κ2) is 11.1. The Morgan fingerprint density at radius 3 is 2.54 bits per heavy atom. The maximum absolute atomic E-state index is 15.2. The van der Waals surface area contributed by atoms with Crippen LogP contribution in [0.1, 0.15) is 41.5 Å². The first-order valence-electron chi connectivity index (χ1n) is 11.5. The number of methoxy groups -OCH3 is 1. The number of benzene rings is 1. The van der Waals surface area contributed by atoms with Crippen LogP contribution in [-0.4, -0.2) is 53.6 Å². The molecule has 3 heterocycles. The molecule has 0 saturated carbocycles. The van der Waals surface area contributed by atoms with E-state index in [9.17, 15) is 17.6 Å². The van der Waals surface area contributed by atoms with E-state index in [1.807, 2.05) is 0 Å². The summed E-state index contributed by atoms with van der Waals surface area (Å²) in [5.74, 6) is -2.95. The summed E-state index contributed by atoms with van der Waals surface area (Å²) in [5.41, 5.74) is 0.199. The normalized spacial score (nSPS) is 11.7. The van der Waals surface area contributed by atoms with E-state index >= 15 is 4.39 Å². The smallest absolute Gasteiger partial charge is 0.232 e. The zero-order chi connectivity index (χ0) is 26.6. The van der Waals surface area contributed by atoms with E-state index in [1.165, 1.54) is 6.20 Å². The third kappa shape index (κ3) is 5.81. The number of ketones is 1. The van der Waals surface area contributed by atoms with Crippen LogP contribution in [0.3, 0.4) is 0 Å². The van der Waals surface area contributed by atoms with Gasteiger partial charge in [0.05, 0.1) is 17.0 Å². The number of carbonyl (C=O) groups excluding carboxylic acids is 1. The molecule has 3 aromatic heterocycles. The lowest BCUT2D eigenvalue weighted by molar-refractivity contribution is 0.103. The van der Waals surface area contributed by atoms with Gasteiger partial charge in [0.2, 0.25) is 15.8 Å². The minimum Gasteiger partial charge on any atom is -0.385 e. The number of hydrogen-bond donors (Lipinski definition) is 2. The van der Waals surface area contributed by atoms with Crippen molar-refractivity contribution in [2.45, 2.75) is 26.2 Å². The Morgan fingerprint density at radius 1 is 1.11 bits per heavy atom. The first kappa shape index (κ1) is 26.3. The van der Waals surface area contributed by atoms with E-state index in [1.54, 1.807) is 38.7 Å².